The zero-order valence-corrected chi connectivity index (χ0v) is 18.8. The first-order valence-corrected chi connectivity index (χ1v) is 11.4. The molecule has 0 aliphatic carbocycles. The van der Waals surface area contributed by atoms with Crippen LogP contribution in [0.1, 0.15) is 36.5 Å². The minimum atomic E-state index is -0.145. The second kappa shape index (κ2) is 11.3. The smallest absolute Gasteiger partial charge is 0.248 e. The quantitative estimate of drug-likeness (QED) is 0.330. The van der Waals surface area contributed by atoms with Crippen molar-refractivity contribution in [2.45, 2.75) is 33.1 Å². The Kier molecular flexibility index (Phi) is 8.19. The summed E-state index contributed by atoms with van der Waals surface area (Å²) < 4.78 is 0. The van der Waals surface area contributed by atoms with Gasteiger partial charge in [0.1, 0.15) is 0 Å². The van der Waals surface area contributed by atoms with Crippen LogP contribution in [0.5, 0.6) is 0 Å². The molecule has 3 aromatic rings. The highest BCUT2D eigenvalue weighted by atomic mass is 32.1. The zero-order valence-electron chi connectivity index (χ0n) is 18.0. The lowest BCUT2D eigenvalue weighted by Gasteiger charge is -2.08. The lowest BCUT2D eigenvalue weighted by molar-refractivity contribution is -0.119. The average molecular weight is 433 g/mol. The number of benzene rings is 2. The minimum Gasteiger partial charge on any atom is -0.356 e. The Balaban J connectivity index is 1.52. The van der Waals surface area contributed by atoms with Crippen molar-refractivity contribution in [3.05, 3.63) is 82.7 Å². The van der Waals surface area contributed by atoms with Crippen LogP contribution in [-0.2, 0) is 16.0 Å². The maximum Gasteiger partial charge on any atom is 0.248 e. The third-order valence-corrected chi connectivity index (χ3v) is 5.89. The number of rotatable bonds is 9. The molecule has 0 saturated carbocycles. The van der Waals surface area contributed by atoms with E-state index in [9.17, 15) is 9.59 Å². The summed E-state index contributed by atoms with van der Waals surface area (Å²) in [4.78, 5) is 24.5. The van der Waals surface area contributed by atoms with Gasteiger partial charge in [-0.25, -0.2) is 0 Å². The number of hydrogen-bond acceptors (Lipinski definition) is 3. The number of aryl methyl sites for hydroxylation is 2. The Bertz CT molecular complexity index is 1040. The van der Waals surface area contributed by atoms with E-state index >= 15 is 0 Å². The van der Waals surface area contributed by atoms with Gasteiger partial charge in [0, 0.05) is 30.1 Å². The van der Waals surface area contributed by atoms with E-state index in [0.29, 0.717) is 0 Å². The summed E-state index contributed by atoms with van der Waals surface area (Å²) in [6.07, 6.45) is 6.37. The number of anilines is 1. The van der Waals surface area contributed by atoms with E-state index in [1.54, 1.807) is 17.4 Å². The van der Waals surface area contributed by atoms with E-state index in [-0.39, 0.29) is 11.8 Å². The molecule has 0 aliphatic rings. The lowest BCUT2D eigenvalue weighted by atomic mass is 10.1. The molecule has 31 heavy (non-hydrogen) atoms. The van der Waals surface area contributed by atoms with Crippen LogP contribution in [0.2, 0.25) is 0 Å². The highest BCUT2D eigenvalue weighted by Gasteiger charge is 2.06. The van der Waals surface area contributed by atoms with Crippen molar-refractivity contribution in [1.29, 1.82) is 0 Å². The van der Waals surface area contributed by atoms with Gasteiger partial charge in [-0.3, -0.25) is 9.59 Å². The Morgan fingerprint density at radius 3 is 2.55 bits per heavy atom. The van der Waals surface area contributed by atoms with Gasteiger partial charge < -0.3 is 10.6 Å². The largest absolute Gasteiger partial charge is 0.356 e. The van der Waals surface area contributed by atoms with Crippen LogP contribution >= 0.6 is 11.3 Å². The molecule has 0 radical (unpaired) electrons. The number of hydrogen-bond donors (Lipinski definition) is 2. The van der Waals surface area contributed by atoms with Crippen LogP contribution < -0.4 is 10.6 Å². The highest BCUT2D eigenvalue weighted by molar-refractivity contribution is 7.13. The van der Waals surface area contributed by atoms with E-state index in [2.05, 4.69) is 34.9 Å². The topological polar surface area (TPSA) is 58.2 Å². The van der Waals surface area contributed by atoms with Gasteiger partial charge in [0.15, 0.2) is 0 Å². The van der Waals surface area contributed by atoms with Crippen molar-refractivity contribution in [2.24, 2.45) is 0 Å². The van der Waals surface area contributed by atoms with Crippen LogP contribution in [0.3, 0.4) is 0 Å². The standard InChI is InChI=1S/C26H28N2O2S/c1-19-8-14-23(25-7-5-17-31-25)18-24(19)28-26(30)15-13-22-11-9-21(10-12-22)6-3-4-16-27-20(2)29/h5,7-15,17-18H,3-4,6,16H2,1-2H3,(H,27,29)(H,28,30)/b15-13+. The van der Waals surface area contributed by atoms with E-state index in [4.69, 9.17) is 0 Å². The Morgan fingerprint density at radius 1 is 1.03 bits per heavy atom. The van der Waals surface area contributed by atoms with Crippen LogP contribution in [0.15, 0.2) is 66.1 Å². The lowest BCUT2D eigenvalue weighted by Crippen LogP contribution is -2.20. The summed E-state index contributed by atoms with van der Waals surface area (Å²) in [5, 5.41) is 7.85. The second-order valence-electron chi connectivity index (χ2n) is 7.51. The molecule has 1 heterocycles. The zero-order chi connectivity index (χ0) is 22.1. The molecule has 5 heteroatoms. The fourth-order valence-electron chi connectivity index (χ4n) is 3.21. The number of carbonyl (C=O) groups excluding carboxylic acids is 2. The van der Waals surface area contributed by atoms with Crippen molar-refractivity contribution >= 4 is 34.9 Å². The number of amides is 2. The fourth-order valence-corrected chi connectivity index (χ4v) is 3.94. The summed E-state index contributed by atoms with van der Waals surface area (Å²) in [7, 11) is 0. The van der Waals surface area contributed by atoms with Crippen molar-refractivity contribution < 1.29 is 9.59 Å². The van der Waals surface area contributed by atoms with Gasteiger partial charge in [-0.05, 0) is 72.0 Å². The molecule has 4 nitrogen and oxygen atoms in total. The molecule has 0 fully saturated rings. The SMILES string of the molecule is CC(=O)NCCCCc1ccc(/C=C/C(=O)Nc2cc(-c3cccs3)ccc2C)cc1. The van der Waals surface area contributed by atoms with Gasteiger partial charge in [0.25, 0.3) is 0 Å². The first-order valence-electron chi connectivity index (χ1n) is 10.5. The van der Waals surface area contributed by atoms with Gasteiger partial charge in [-0.1, -0.05) is 42.5 Å². The number of carbonyl (C=O) groups is 2. The van der Waals surface area contributed by atoms with Crippen LogP contribution in [0.4, 0.5) is 5.69 Å². The molecule has 2 aromatic carbocycles. The van der Waals surface area contributed by atoms with Gasteiger partial charge in [0.2, 0.25) is 11.8 Å². The summed E-state index contributed by atoms with van der Waals surface area (Å²) >= 11 is 1.68. The van der Waals surface area contributed by atoms with Gasteiger partial charge in [-0.15, -0.1) is 11.3 Å². The summed E-state index contributed by atoms with van der Waals surface area (Å²) in [5.74, 6) is -0.126. The Morgan fingerprint density at radius 2 is 1.84 bits per heavy atom. The average Bonchev–Trinajstić information content (AvgIpc) is 3.29. The minimum absolute atomic E-state index is 0.0190. The first-order chi connectivity index (χ1) is 15.0. The molecular formula is C26H28N2O2S. The third-order valence-electron chi connectivity index (χ3n) is 4.97. The first kappa shape index (κ1) is 22.5. The Labute approximate surface area is 188 Å². The molecule has 3 rings (SSSR count). The van der Waals surface area contributed by atoms with E-state index in [1.165, 1.54) is 17.4 Å². The predicted octanol–water partition coefficient (Wildman–Crippen LogP) is 5.83. The summed E-state index contributed by atoms with van der Waals surface area (Å²) in [5.41, 5.74) is 5.21. The van der Waals surface area contributed by atoms with Gasteiger partial charge in [0.05, 0.1) is 0 Å². The molecule has 0 bridgehead atoms. The number of nitrogens with one attached hydrogen (secondary N) is 2. The monoisotopic (exact) mass is 432 g/mol. The molecule has 0 aliphatic heterocycles. The summed E-state index contributed by atoms with van der Waals surface area (Å²) in [6, 6.07) is 18.5. The molecule has 0 atom stereocenters. The number of thiophene rings is 1. The van der Waals surface area contributed by atoms with Crippen molar-refractivity contribution in [3.63, 3.8) is 0 Å². The van der Waals surface area contributed by atoms with E-state index in [0.717, 1.165) is 48.2 Å². The molecule has 2 N–H and O–H groups in total. The number of unbranched alkanes of at least 4 members (excludes halogenated alkanes) is 1. The molecule has 0 unspecified atom stereocenters. The molecule has 160 valence electrons. The van der Waals surface area contributed by atoms with Crippen molar-refractivity contribution in [1.82, 2.24) is 5.32 Å². The van der Waals surface area contributed by atoms with Crippen LogP contribution in [0.25, 0.3) is 16.5 Å². The maximum absolute atomic E-state index is 12.4. The molecule has 1 aromatic heterocycles. The Hall–Kier alpha value is -3.18. The highest BCUT2D eigenvalue weighted by Crippen LogP contribution is 2.28. The predicted molar refractivity (Wildman–Crippen MR) is 130 cm³/mol. The fraction of sp³-hybridized carbons (Fsp3) is 0.231. The van der Waals surface area contributed by atoms with E-state index < -0.39 is 0 Å². The van der Waals surface area contributed by atoms with Gasteiger partial charge >= 0.3 is 0 Å². The normalized spacial score (nSPS) is 10.9. The van der Waals surface area contributed by atoms with Crippen molar-refractivity contribution in [3.8, 4) is 10.4 Å². The third kappa shape index (κ3) is 7.23. The van der Waals surface area contributed by atoms with E-state index in [1.807, 2.05) is 48.7 Å². The molecule has 2 amide bonds. The second-order valence-corrected chi connectivity index (χ2v) is 8.46. The van der Waals surface area contributed by atoms with Gasteiger partial charge in [-0.2, -0.15) is 0 Å². The molecule has 0 spiro atoms. The maximum atomic E-state index is 12.4. The van der Waals surface area contributed by atoms with Crippen molar-refractivity contribution in [2.75, 3.05) is 11.9 Å². The van der Waals surface area contributed by atoms with Crippen LogP contribution in [0, 0.1) is 6.92 Å². The van der Waals surface area contributed by atoms with Crippen LogP contribution in [-0.4, -0.2) is 18.4 Å². The molecule has 0 saturated heterocycles. The molecular weight excluding hydrogens is 404 g/mol. The summed E-state index contributed by atoms with van der Waals surface area (Å²) in [6.45, 7) is 4.25.